The van der Waals surface area contributed by atoms with Crippen LogP contribution < -0.4 is 5.32 Å². The number of rotatable bonds is 5. The molecule has 1 amide bonds. The molecule has 0 saturated heterocycles. The van der Waals surface area contributed by atoms with E-state index >= 15 is 0 Å². The monoisotopic (exact) mass is 293 g/mol. The van der Waals surface area contributed by atoms with Crippen LogP contribution in [0, 0.1) is 6.92 Å². The van der Waals surface area contributed by atoms with Gasteiger partial charge in [0.15, 0.2) is 0 Å². The number of aromatic nitrogens is 2. The number of benzene rings is 2. The molecule has 0 unspecified atom stereocenters. The highest BCUT2D eigenvalue weighted by Gasteiger charge is 2.10. The van der Waals surface area contributed by atoms with E-state index in [0.29, 0.717) is 13.1 Å². The van der Waals surface area contributed by atoms with Gasteiger partial charge in [-0.3, -0.25) is 4.79 Å². The molecule has 0 atom stereocenters. The highest BCUT2D eigenvalue weighted by Crippen LogP contribution is 2.14. The zero-order valence-corrected chi connectivity index (χ0v) is 12.6. The predicted octanol–water partition coefficient (Wildman–Crippen LogP) is 2.70. The predicted molar refractivity (Wildman–Crippen MR) is 87.6 cm³/mol. The van der Waals surface area contributed by atoms with Crippen LogP contribution in [0.5, 0.6) is 0 Å². The Hall–Kier alpha value is -2.62. The van der Waals surface area contributed by atoms with E-state index in [1.165, 1.54) is 5.56 Å². The van der Waals surface area contributed by atoms with Crippen LogP contribution in [-0.2, 0) is 17.8 Å². The molecule has 112 valence electrons. The number of para-hydroxylation sites is 2. The number of fused-ring (bicyclic) bond motifs is 1. The van der Waals surface area contributed by atoms with Gasteiger partial charge in [-0.1, -0.05) is 42.5 Å². The third-order valence-electron chi connectivity index (χ3n) is 3.73. The van der Waals surface area contributed by atoms with Gasteiger partial charge in [-0.15, -0.1) is 0 Å². The molecule has 2 aromatic carbocycles. The molecule has 0 spiro atoms. The molecule has 0 aliphatic heterocycles. The van der Waals surface area contributed by atoms with Crippen LogP contribution in [0.15, 0.2) is 54.6 Å². The van der Waals surface area contributed by atoms with Gasteiger partial charge in [-0.25, -0.2) is 4.98 Å². The summed E-state index contributed by atoms with van der Waals surface area (Å²) >= 11 is 0. The molecule has 4 heteroatoms. The van der Waals surface area contributed by atoms with Crippen LogP contribution >= 0.6 is 0 Å². The standard InChI is InChI=1S/C18H19N3O/c1-14-20-16-9-5-6-10-17(16)21(14)13-18(22)19-12-11-15-7-3-2-4-8-15/h2-10H,11-13H2,1H3,(H,19,22). The average molecular weight is 293 g/mol. The van der Waals surface area contributed by atoms with Gasteiger partial charge >= 0.3 is 0 Å². The number of aryl methyl sites for hydroxylation is 1. The summed E-state index contributed by atoms with van der Waals surface area (Å²) in [6, 6.07) is 18.0. The fourth-order valence-electron chi connectivity index (χ4n) is 2.59. The molecule has 0 bridgehead atoms. The van der Waals surface area contributed by atoms with Crippen LogP contribution in [-0.4, -0.2) is 22.0 Å². The van der Waals surface area contributed by atoms with Crippen molar-refractivity contribution >= 4 is 16.9 Å². The van der Waals surface area contributed by atoms with Crippen LogP contribution in [0.4, 0.5) is 0 Å². The van der Waals surface area contributed by atoms with Gasteiger partial charge in [0.25, 0.3) is 0 Å². The molecule has 0 aliphatic carbocycles. The van der Waals surface area contributed by atoms with Gasteiger partial charge in [-0.05, 0) is 31.0 Å². The summed E-state index contributed by atoms with van der Waals surface area (Å²) in [5, 5.41) is 2.97. The average Bonchev–Trinajstić information content (AvgIpc) is 2.84. The summed E-state index contributed by atoms with van der Waals surface area (Å²) in [7, 11) is 0. The zero-order valence-electron chi connectivity index (χ0n) is 12.6. The smallest absolute Gasteiger partial charge is 0.240 e. The van der Waals surface area contributed by atoms with Crippen molar-refractivity contribution in [2.45, 2.75) is 19.9 Å². The molecule has 0 radical (unpaired) electrons. The first-order chi connectivity index (χ1) is 10.7. The number of carbonyl (C=O) groups is 1. The minimum Gasteiger partial charge on any atom is -0.354 e. The van der Waals surface area contributed by atoms with Gasteiger partial charge in [0, 0.05) is 6.54 Å². The summed E-state index contributed by atoms with van der Waals surface area (Å²) in [6.07, 6.45) is 0.843. The Morgan fingerprint density at radius 2 is 1.82 bits per heavy atom. The molecular formula is C18H19N3O. The maximum Gasteiger partial charge on any atom is 0.240 e. The molecule has 1 heterocycles. The van der Waals surface area contributed by atoms with E-state index in [4.69, 9.17) is 0 Å². The zero-order chi connectivity index (χ0) is 15.4. The Labute approximate surface area is 129 Å². The van der Waals surface area contributed by atoms with Crippen molar-refractivity contribution in [3.8, 4) is 0 Å². The van der Waals surface area contributed by atoms with E-state index in [1.807, 2.05) is 54.0 Å². The first kappa shape index (κ1) is 14.3. The lowest BCUT2D eigenvalue weighted by molar-refractivity contribution is -0.121. The molecule has 4 nitrogen and oxygen atoms in total. The highest BCUT2D eigenvalue weighted by atomic mass is 16.1. The fraction of sp³-hybridized carbons (Fsp3) is 0.222. The van der Waals surface area contributed by atoms with Crippen molar-refractivity contribution in [2.75, 3.05) is 6.54 Å². The topological polar surface area (TPSA) is 46.9 Å². The summed E-state index contributed by atoms with van der Waals surface area (Å²) in [4.78, 5) is 16.6. The first-order valence-electron chi connectivity index (χ1n) is 7.46. The maximum atomic E-state index is 12.1. The number of imidazole rings is 1. The minimum atomic E-state index is 0.0159. The van der Waals surface area contributed by atoms with Gasteiger partial charge in [0.1, 0.15) is 12.4 Å². The highest BCUT2D eigenvalue weighted by molar-refractivity contribution is 5.81. The normalized spacial score (nSPS) is 10.8. The number of amides is 1. The van der Waals surface area contributed by atoms with Gasteiger partial charge in [-0.2, -0.15) is 0 Å². The van der Waals surface area contributed by atoms with Crippen molar-refractivity contribution in [3.63, 3.8) is 0 Å². The molecular weight excluding hydrogens is 274 g/mol. The van der Waals surface area contributed by atoms with Crippen molar-refractivity contribution in [3.05, 3.63) is 66.0 Å². The van der Waals surface area contributed by atoms with Crippen molar-refractivity contribution in [2.24, 2.45) is 0 Å². The molecule has 1 aromatic heterocycles. The lowest BCUT2D eigenvalue weighted by atomic mass is 10.1. The first-order valence-corrected chi connectivity index (χ1v) is 7.46. The summed E-state index contributed by atoms with van der Waals surface area (Å²) in [6.45, 7) is 2.88. The summed E-state index contributed by atoms with van der Waals surface area (Å²) in [5.41, 5.74) is 3.15. The number of carbonyl (C=O) groups excluding carboxylic acids is 1. The van der Waals surface area contributed by atoms with Crippen molar-refractivity contribution < 1.29 is 4.79 Å². The van der Waals surface area contributed by atoms with Crippen LogP contribution in [0.1, 0.15) is 11.4 Å². The second-order valence-electron chi connectivity index (χ2n) is 5.32. The van der Waals surface area contributed by atoms with Gasteiger partial charge in [0.05, 0.1) is 11.0 Å². The molecule has 1 N–H and O–H groups in total. The van der Waals surface area contributed by atoms with Gasteiger partial charge < -0.3 is 9.88 Å². The van der Waals surface area contributed by atoms with E-state index < -0.39 is 0 Å². The lowest BCUT2D eigenvalue weighted by Crippen LogP contribution is -2.29. The minimum absolute atomic E-state index is 0.0159. The number of hydrogen-bond donors (Lipinski definition) is 1. The van der Waals surface area contributed by atoms with Crippen molar-refractivity contribution in [1.82, 2.24) is 14.9 Å². The molecule has 3 aromatic rings. The van der Waals surface area contributed by atoms with Crippen LogP contribution in [0.2, 0.25) is 0 Å². The Morgan fingerprint density at radius 1 is 1.09 bits per heavy atom. The van der Waals surface area contributed by atoms with Crippen molar-refractivity contribution in [1.29, 1.82) is 0 Å². The Kier molecular flexibility index (Phi) is 4.19. The lowest BCUT2D eigenvalue weighted by Gasteiger charge is -2.08. The molecule has 3 rings (SSSR count). The van der Waals surface area contributed by atoms with E-state index in [2.05, 4.69) is 22.4 Å². The third-order valence-corrected chi connectivity index (χ3v) is 3.73. The second-order valence-corrected chi connectivity index (χ2v) is 5.32. The van der Waals surface area contributed by atoms with E-state index in [1.54, 1.807) is 0 Å². The quantitative estimate of drug-likeness (QED) is 0.786. The fourth-order valence-corrected chi connectivity index (χ4v) is 2.59. The van der Waals surface area contributed by atoms with Crippen LogP contribution in [0.25, 0.3) is 11.0 Å². The molecule has 0 saturated carbocycles. The summed E-state index contributed by atoms with van der Waals surface area (Å²) in [5.74, 6) is 0.876. The van der Waals surface area contributed by atoms with E-state index in [-0.39, 0.29) is 5.91 Å². The number of nitrogens with zero attached hydrogens (tertiary/aromatic N) is 2. The Bertz CT molecular complexity index is 777. The second kappa shape index (κ2) is 6.43. The third kappa shape index (κ3) is 3.17. The summed E-state index contributed by atoms with van der Waals surface area (Å²) < 4.78 is 1.95. The maximum absolute atomic E-state index is 12.1. The number of hydrogen-bond acceptors (Lipinski definition) is 2. The van der Waals surface area contributed by atoms with Crippen LogP contribution in [0.3, 0.4) is 0 Å². The Balaban J connectivity index is 1.60. The molecule has 0 aliphatic rings. The molecule has 0 fully saturated rings. The van der Waals surface area contributed by atoms with Gasteiger partial charge in [0.2, 0.25) is 5.91 Å². The Morgan fingerprint density at radius 3 is 2.64 bits per heavy atom. The number of nitrogens with one attached hydrogen (secondary N) is 1. The largest absolute Gasteiger partial charge is 0.354 e. The SMILES string of the molecule is Cc1nc2ccccc2n1CC(=O)NCCc1ccccc1. The molecule has 22 heavy (non-hydrogen) atoms. The van der Waals surface area contributed by atoms with E-state index in [0.717, 1.165) is 23.3 Å². The van der Waals surface area contributed by atoms with E-state index in [9.17, 15) is 4.79 Å².